The summed E-state index contributed by atoms with van der Waals surface area (Å²) >= 11 is 1.11. The van der Waals surface area contributed by atoms with Gasteiger partial charge in [-0.1, -0.05) is 29.5 Å². The van der Waals surface area contributed by atoms with E-state index in [2.05, 4.69) is 11.8 Å². The Morgan fingerprint density at radius 3 is 2.31 bits per heavy atom. The van der Waals surface area contributed by atoms with E-state index in [0.717, 1.165) is 16.9 Å². The van der Waals surface area contributed by atoms with E-state index in [9.17, 15) is 14.5 Å². The van der Waals surface area contributed by atoms with Gasteiger partial charge < -0.3 is 9.78 Å². The van der Waals surface area contributed by atoms with Crippen molar-refractivity contribution in [1.82, 2.24) is 0 Å². The van der Waals surface area contributed by atoms with E-state index in [1.165, 1.54) is 0 Å². The summed E-state index contributed by atoms with van der Waals surface area (Å²) in [5.41, 5.74) is 1.34. The molecule has 0 aliphatic carbocycles. The Bertz CT molecular complexity index is 927. The van der Waals surface area contributed by atoms with Gasteiger partial charge in [0.25, 0.3) is 0 Å². The van der Waals surface area contributed by atoms with Gasteiger partial charge in [0.05, 0.1) is 10.6 Å². The second-order valence-corrected chi connectivity index (χ2v) is 11.3. The van der Waals surface area contributed by atoms with E-state index in [4.69, 9.17) is 0 Å². The van der Waals surface area contributed by atoms with Crippen LogP contribution in [0.3, 0.4) is 0 Å². The van der Waals surface area contributed by atoms with Crippen molar-refractivity contribution in [2.45, 2.75) is 27.7 Å². The summed E-state index contributed by atoms with van der Waals surface area (Å²) in [5, 5.41) is 10.3. The first-order valence-corrected chi connectivity index (χ1v) is 11.1. The van der Waals surface area contributed by atoms with Crippen molar-refractivity contribution >= 4 is 35.6 Å². The minimum Gasteiger partial charge on any atom is -0.477 e. The monoisotopic (exact) mass is 389 g/mol. The minimum absolute atomic E-state index is 0.153. The first kappa shape index (κ1) is 20.3. The molecule has 0 amide bonds. The van der Waals surface area contributed by atoms with Gasteiger partial charge in [0.15, 0.2) is 7.29 Å². The van der Waals surface area contributed by atoms with Crippen LogP contribution in [0.2, 0.25) is 0 Å². The zero-order valence-corrected chi connectivity index (χ0v) is 17.7. The molecule has 1 N–H and O–H groups in total. The average molecular weight is 389 g/mol. The lowest BCUT2D eigenvalue weighted by molar-refractivity contribution is 0.0703. The molecule has 0 saturated heterocycles. The summed E-state index contributed by atoms with van der Waals surface area (Å²) in [5.74, 6) is 5.12. The highest BCUT2D eigenvalue weighted by Crippen LogP contribution is 2.48. The molecule has 1 aromatic heterocycles. The molecule has 0 aliphatic heterocycles. The predicted molar refractivity (Wildman–Crippen MR) is 110 cm³/mol. The van der Waals surface area contributed by atoms with Crippen LogP contribution in [-0.4, -0.2) is 24.8 Å². The number of carbonyl (C=O) groups is 1. The van der Waals surface area contributed by atoms with E-state index < -0.39 is 13.3 Å². The first-order chi connectivity index (χ1) is 11.9. The molecule has 0 fully saturated rings. The largest absolute Gasteiger partial charge is 0.477 e. The molecule has 2 aromatic rings. The SMILES string of the molecule is Cc1ccc(P(C)(=O)N(C)c2cc(C#CC(C)(C)C)sc2C(=O)O)cc1. The van der Waals surface area contributed by atoms with Crippen LogP contribution >= 0.6 is 18.6 Å². The van der Waals surface area contributed by atoms with Gasteiger partial charge in [-0.3, -0.25) is 4.57 Å². The van der Waals surface area contributed by atoms with Gasteiger partial charge >= 0.3 is 5.97 Å². The molecule has 4 nitrogen and oxygen atoms in total. The molecule has 1 aromatic carbocycles. The lowest BCUT2D eigenvalue weighted by Crippen LogP contribution is -2.22. The molecular weight excluding hydrogens is 365 g/mol. The van der Waals surface area contributed by atoms with Crippen molar-refractivity contribution in [2.75, 3.05) is 18.4 Å². The third kappa shape index (κ3) is 4.58. The van der Waals surface area contributed by atoms with Crippen molar-refractivity contribution in [3.8, 4) is 11.8 Å². The quantitative estimate of drug-likeness (QED) is 0.602. The Balaban J connectivity index is 2.49. The number of hydrogen-bond acceptors (Lipinski definition) is 3. The van der Waals surface area contributed by atoms with Gasteiger partial charge in [-0.05, 0) is 45.9 Å². The molecule has 1 unspecified atom stereocenters. The van der Waals surface area contributed by atoms with Crippen LogP contribution in [0.15, 0.2) is 30.3 Å². The first-order valence-electron chi connectivity index (χ1n) is 8.21. The number of rotatable bonds is 4. The second kappa shape index (κ2) is 7.31. The number of benzene rings is 1. The summed E-state index contributed by atoms with van der Waals surface area (Å²) in [7, 11) is -1.28. The Morgan fingerprint density at radius 2 is 1.81 bits per heavy atom. The molecule has 6 heteroatoms. The average Bonchev–Trinajstić information content (AvgIpc) is 2.96. The number of nitrogens with zero attached hydrogens (tertiary/aromatic N) is 1. The summed E-state index contributed by atoms with van der Waals surface area (Å²) in [6.45, 7) is 9.61. The molecule has 1 atom stereocenters. The van der Waals surface area contributed by atoms with Gasteiger partial charge in [0.1, 0.15) is 4.88 Å². The van der Waals surface area contributed by atoms with Crippen LogP contribution in [0.5, 0.6) is 0 Å². The zero-order valence-electron chi connectivity index (χ0n) is 16.0. The molecule has 138 valence electrons. The van der Waals surface area contributed by atoms with Crippen LogP contribution in [0.25, 0.3) is 0 Å². The fraction of sp³-hybridized carbons (Fsp3) is 0.350. The lowest BCUT2D eigenvalue weighted by Gasteiger charge is -2.27. The van der Waals surface area contributed by atoms with Gasteiger partial charge in [0.2, 0.25) is 0 Å². The number of carboxylic acids is 1. The normalized spacial score (nSPS) is 13.5. The zero-order chi connectivity index (χ0) is 19.7. The van der Waals surface area contributed by atoms with Crippen molar-refractivity contribution in [3.63, 3.8) is 0 Å². The topological polar surface area (TPSA) is 57.6 Å². The molecule has 0 aliphatic rings. The number of carboxylic acid groups (broad SMARTS) is 1. The summed E-state index contributed by atoms with van der Waals surface area (Å²) < 4.78 is 15.0. The molecule has 0 saturated carbocycles. The number of hydrogen-bond donors (Lipinski definition) is 1. The number of anilines is 1. The van der Waals surface area contributed by atoms with Gasteiger partial charge in [0, 0.05) is 24.4 Å². The van der Waals surface area contributed by atoms with Crippen molar-refractivity contribution in [2.24, 2.45) is 5.41 Å². The molecule has 0 bridgehead atoms. The predicted octanol–water partition coefficient (Wildman–Crippen LogP) is 4.82. The fourth-order valence-corrected chi connectivity index (χ4v) is 4.85. The highest BCUT2D eigenvalue weighted by Gasteiger charge is 2.29. The molecule has 26 heavy (non-hydrogen) atoms. The van der Waals surface area contributed by atoms with Gasteiger partial charge in [-0.2, -0.15) is 0 Å². The molecule has 2 rings (SSSR count). The van der Waals surface area contributed by atoms with Crippen molar-refractivity contribution in [3.05, 3.63) is 45.6 Å². The third-order valence-electron chi connectivity index (χ3n) is 3.90. The third-order valence-corrected chi connectivity index (χ3v) is 7.55. The summed E-state index contributed by atoms with van der Waals surface area (Å²) in [6.07, 6.45) is 0. The second-order valence-electron chi connectivity index (χ2n) is 7.37. The molecular formula is C20H24NO3PS. The van der Waals surface area contributed by atoms with E-state index in [0.29, 0.717) is 15.9 Å². The Hall–Kier alpha value is -2.02. The Labute approximate surface area is 159 Å². The van der Waals surface area contributed by atoms with Gasteiger partial charge in [-0.15, -0.1) is 11.3 Å². The highest BCUT2D eigenvalue weighted by atomic mass is 32.1. The molecule has 0 spiro atoms. The van der Waals surface area contributed by atoms with Crippen LogP contribution < -0.4 is 9.97 Å². The highest BCUT2D eigenvalue weighted by molar-refractivity contribution is 7.72. The van der Waals surface area contributed by atoms with Crippen molar-refractivity contribution < 1.29 is 14.5 Å². The maximum absolute atomic E-state index is 13.4. The van der Waals surface area contributed by atoms with E-state index in [1.54, 1.807) is 24.4 Å². The maximum Gasteiger partial charge on any atom is 0.348 e. The summed E-state index contributed by atoms with van der Waals surface area (Å²) in [4.78, 5) is 12.5. The fourth-order valence-electron chi connectivity index (χ4n) is 2.29. The number of thiophene rings is 1. The number of aryl methyl sites for hydroxylation is 1. The van der Waals surface area contributed by atoms with Crippen LogP contribution in [0, 0.1) is 24.2 Å². The molecule has 0 radical (unpaired) electrons. The molecule has 1 heterocycles. The van der Waals surface area contributed by atoms with Crippen LogP contribution in [0.1, 0.15) is 40.9 Å². The Morgan fingerprint density at radius 1 is 1.23 bits per heavy atom. The van der Waals surface area contributed by atoms with Gasteiger partial charge in [-0.25, -0.2) is 4.79 Å². The Kier molecular flexibility index (Phi) is 5.70. The minimum atomic E-state index is -2.95. The maximum atomic E-state index is 13.4. The van der Waals surface area contributed by atoms with Crippen LogP contribution in [0.4, 0.5) is 5.69 Å². The standard InChI is InChI=1S/C20H24NO3PS/c1-14-7-9-15(10-8-14)25(6,24)21(5)17-13-16(11-12-20(2,3)4)26-18(17)19(22)23/h7-10,13H,1-6H3,(H,22,23). The van der Waals surface area contributed by atoms with E-state index >= 15 is 0 Å². The van der Waals surface area contributed by atoms with E-state index in [1.807, 2.05) is 52.0 Å². The van der Waals surface area contributed by atoms with Crippen LogP contribution in [-0.2, 0) is 4.57 Å². The van der Waals surface area contributed by atoms with Crippen molar-refractivity contribution in [1.29, 1.82) is 0 Å². The summed E-state index contributed by atoms with van der Waals surface area (Å²) in [6, 6.07) is 9.20. The van der Waals surface area contributed by atoms with E-state index in [-0.39, 0.29) is 10.3 Å². The smallest absolute Gasteiger partial charge is 0.348 e. The number of aromatic carboxylic acids is 1. The lowest BCUT2D eigenvalue weighted by atomic mass is 9.98.